The number of nitrogens with zero attached hydrogens (tertiary/aromatic N) is 2. The molecule has 1 saturated heterocycles. The first-order chi connectivity index (χ1) is 19.4. The van der Waals surface area contributed by atoms with Gasteiger partial charge in [0.05, 0.1) is 22.6 Å². The van der Waals surface area contributed by atoms with Gasteiger partial charge in [0.2, 0.25) is 5.91 Å². The van der Waals surface area contributed by atoms with Crippen LogP contribution in [0, 0.1) is 11.7 Å². The van der Waals surface area contributed by atoms with E-state index < -0.39 is 46.6 Å². The number of amides is 1. The molecule has 10 heteroatoms. The van der Waals surface area contributed by atoms with Gasteiger partial charge < -0.3 is 19.8 Å². The fourth-order valence-corrected chi connectivity index (χ4v) is 8.16. The highest BCUT2D eigenvalue weighted by Crippen LogP contribution is 2.66. The standard InChI is InChI=1S/C31H32F4N2O4/c1-36(25(39)9-5-17-4-7-21(32)20(14-17)31(33,34)35)22-10-11-30(40)24-15-19-6-8-23(38)27-26(19)29(30,28(22)41-27)12-13-37(24)16-18-2-3-18/h4-9,14,18,22,24,28,38,40H,2-3,10-13,15-16H2,1H3/t22-,24-,28+,29+,30-/m1/s1. The largest absolute Gasteiger partial charge is 0.504 e. The lowest BCUT2D eigenvalue weighted by atomic mass is 9.48. The van der Waals surface area contributed by atoms with Gasteiger partial charge in [0.15, 0.2) is 11.5 Å². The van der Waals surface area contributed by atoms with Crippen LogP contribution in [-0.2, 0) is 22.8 Å². The van der Waals surface area contributed by atoms with E-state index in [2.05, 4.69) is 4.90 Å². The van der Waals surface area contributed by atoms with E-state index in [-0.39, 0.29) is 17.4 Å². The molecule has 2 N–H and O–H groups in total. The molecule has 2 aromatic rings. The van der Waals surface area contributed by atoms with Gasteiger partial charge in [-0.15, -0.1) is 0 Å². The summed E-state index contributed by atoms with van der Waals surface area (Å²) in [5, 5.41) is 23.4. The molecule has 5 atom stereocenters. The minimum absolute atomic E-state index is 0.0122. The van der Waals surface area contributed by atoms with E-state index in [1.807, 2.05) is 6.07 Å². The molecule has 2 aliphatic heterocycles. The number of carbonyl (C=O) groups excluding carboxylic acids is 1. The molecular weight excluding hydrogens is 540 g/mol. The summed E-state index contributed by atoms with van der Waals surface area (Å²) in [5.41, 5.74) is -1.30. The number of hydrogen-bond acceptors (Lipinski definition) is 5. The Hall–Kier alpha value is -3.11. The quantitative estimate of drug-likeness (QED) is 0.403. The Morgan fingerprint density at radius 3 is 2.71 bits per heavy atom. The molecule has 1 spiro atoms. The molecule has 6 nitrogen and oxygen atoms in total. The van der Waals surface area contributed by atoms with Crippen molar-refractivity contribution in [2.45, 2.75) is 73.9 Å². The molecular formula is C31H32F4N2O4. The number of likely N-dealkylation sites (tertiary alicyclic amines) is 1. The zero-order valence-electron chi connectivity index (χ0n) is 22.6. The number of aromatic hydroxyl groups is 1. The number of piperidine rings is 1. The van der Waals surface area contributed by atoms with Crippen molar-refractivity contribution >= 4 is 12.0 Å². The Labute approximate surface area is 235 Å². The Morgan fingerprint density at radius 2 is 1.98 bits per heavy atom. The molecule has 0 radical (unpaired) electrons. The molecule has 0 unspecified atom stereocenters. The van der Waals surface area contributed by atoms with Gasteiger partial charge in [-0.2, -0.15) is 13.2 Å². The van der Waals surface area contributed by atoms with Crippen molar-refractivity contribution < 1.29 is 37.3 Å². The first-order valence-corrected chi connectivity index (χ1v) is 14.2. The third kappa shape index (κ3) is 3.86. The van der Waals surface area contributed by atoms with Crippen LogP contribution in [0.15, 0.2) is 36.4 Å². The second kappa shape index (κ2) is 8.94. The number of phenols is 1. The fourth-order valence-electron chi connectivity index (χ4n) is 8.16. The highest BCUT2D eigenvalue weighted by Gasteiger charge is 2.73. The van der Waals surface area contributed by atoms with Crippen molar-refractivity contribution in [3.8, 4) is 11.5 Å². The molecule has 2 heterocycles. The number of likely N-dealkylation sites (N-methyl/N-ethyl adjacent to an activating group) is 1. The van der Waals surface area contributed by atoms with E-state index in [9.17, 15) is 32.6 Å². The average Bonchev–Trinajstić information content (AvgIpc) is 3.67. The van der Waals surface area contributed by atoms with Crippen molar-refractivity contribution in [1.82, 2.24) is 9.80 Å². The van der Waals surface area contributed by atoms with Crippen LogP contribution in [-0.4, -0.2) is 69.8 Å². The highest BCUT2D eigenvalue weighted by atomic mass is 19.4. The topological polar surface area (TPSA) is 73.2 Å². The van der Waals surface area contributed by atoms with E-state index in [1.54, 1.807) is 13.1 Å². The average molecular weight is 573 g/mol. The predicted molar refractivity (Wildman–Crippen MR) is 142 cm³/mol. The van der Waals surface area contributed by atoms with E-state index in [1.165, 1.54) is 36.0 Å². The summed E-state index contributed by atoms with van der Waals surface area (Å²) in [6, 6.07) is 5.63. The maximum absolute atomic E-state index is 13.7. The molecule has 2 bridgehead atoms. The van der Waals surface area contributed by atoms with Gasteiger partial charge >= 0.3 is 6.18 Å². The zero-order chi connectivity index (χ0) is 28.9. The first kappa shape index (κ1) is 26.8. The lowest BCUT2D eigenvalue weighted by molar-refractivity contribution is -0.200. The highest BCUT2D eigenvalue weighted by molar-refractivity contribution is 5.92. The number of ether oxygens (including phenoxy) is 1. The smallest absolute Gasteiger partial charge is 0.419 e. The monoisotopic (exact) mass is 572 g/mol. The van der Waals surface area contributed by atoms with Gasteiger partial charge in [0.1, 0.15) is 11.9 Å². The van der Waals surface area contributed by atoms with E-state index in [0.717, 1.165) is 30.3 Å². The first-order valence-electron chi connectivity index (χ1n) is 14.2. The lowest BCUT2D eigenvalue weighted by Crippen LogP contribution is -2.78. The summed E-state index contributed by atoms with van der Waals surface area (Å²) in [5.74, 6) is -0.758. The summed E-state index contributed by atoms with van der Waals surface area (Å²) < 4.78 is 59.7. The second-order valence-corrected chi connectivity index (χ2v) is 12.4. The summed E-state index contributed by atoms with van der Waals surface area (Å²) >= 11 is 0. The Bertz CT molecular complexity index is 1460. The van der Waals surface area contributed by atoms with Crippen molar-refractivity contribution in [3.63, 3.8) is 0 Å². The minimum Gasteiger partial charge on any atom is -0.504 e. The number of alkyl halides is 3. The van der Waals surface area contributed by atoms with Crippen molar-refractivity contribution in [2.24, 2.45) is 5.92 Å². The van der Waals surface area contributed by atoms with Gasteiger partial charge in [0.25, 0.3) is 0 Å². The van der Waals surface area contributed by atoms with Gasteiger partial charge in [0, 0.05) is 31.3 Å². The predicted octanol–water partition coefficient (Wildman–Crippen LogP) is 4.65. The molecule has 1 amide bonds. The van der Waals surface area contributed by atoms with Crippen LogP contribution in [0.2, 0.25) is 0 Å². The zero-order valence-corrected chi connectivity index (χ0v) is 22.6. The molecule has 0 aromatic heterocycles. The maximum Gasteiger partial charge on any atom is 0.419 e. The number of carbonyl (C=O) groups is 1. The van der Waals surface area contributed by atoms with Crippen LogP contribution in [0.4, 0.5) is 17.6 Å². The minimum atomic E-state index is -4.85. The molecule has 41 heavy (non-hydrogen) atoms. The number of phenolic OH excluding ortho intramolecular Hbond substituents is 1. The Kier molecular flexibility index (Phi) is 5.84. The van der Waals surface area contributed by atoms with Crippen LogP contribution < -0.4 is 4.74 Å². The van der Waals surface area contributed by atoms with E-state index in [0.29, 0.717) is 43.4 Å². The normalized spacial score (nSPS) is 32.1. The number of halogens is 4. The van der Waals surface area contributed by atoms with E-state index in [4.69, 9.17) is 4.74 Å². The van der Waals surface area contributed by atoms with Gasteiger partial charge in [-0.3, -0.25) is 9.69 Å². The summed E-state index contributed by atoms with van der Waals surface area (Å²) in [7, 11) is 1.62. The SMILES string of the molecule is CN(C(=O)C=Cc1ccc(F)c(C(F)(F)F)c1)[C@@H]1CC[C@@]2(O)[C@H]3Cc4ccc(O)c5c4[C@@]2(CCN3CC2CC2)[C@H]1O5. The molecule has 3 aliphatic carbocycles. The Morgan fingerprint density at radius 1 is 1.20 bits per heavy atom. The molecule has 7 rings (SSSR count). The van der Waals surface area contributed by atoms with Crippen LogP contribution in [0.3, 0.4) is 0 Å². The Balaban J connectivity index is 1.21. The summed E-state index contributed by atoms with van der Waals surface area (Å²) in [4.78, 5) is 17.3. The number of aliphatic hydroxyl groups is 1. The number of hydrogen-bond donors (Lipinski definition) is 2. The third-order valence-corrected chi connectivity index (χ3v) is 10.3. The van der Waals surface area contributed by atoms with Gasteiger partial charge in [-0.25, -0.2) is 4.39 Å². The summed E-state index contributed by atoms with van der Waals surface area (Å²) in [6.45, 7) is 1.75. The lowest BCUT2D eigenvalue weighted by Gasteiger charge is -2.64. The van der Waals surface area contributed by atoms with E-state index >= 15 is 0 Å². The molecule has 5 aliphatic rings. The number of rotatable bonds is 5. The number of benzene rings is 2. The van der Waals surface area contributed by atoms with Gasteiger partial charge in [-0.05, 0) is 86.4 Å². The van der Waals surface area contributed by atoms with Crippen LogP contribution >= 0.6 is 0 Å². The molecule has 2 saturated carbocycles. The third-order valence-electron chi connectivity index (χ3n) is 10.3. The fraction of sp³-hybridized carbons (Fsp3) is 0.516. The summed E-state index contributed by atoms with van der Waals surface area (Å²) in [6.07, 6.45) is 1.62. The van der Waals surface area contributed by atoms with Crippen LogP contribution in [0.1, 0.15) is 54.4 Å². The molecule has 2 aromatic carbocycles. The maximum atomic E-state index is 13.7. The van der Waals surface area contributed by atoms with Crippen molar-refractivity contribution in [3.05, 3.63) is 64.5 Å². The van der Waals surface area contributed by atoms with Crippen LogP contribution in [0.25, 0.3) is 6.08 Å². The second-order valence-electron chi connectivity index (χ2n) is 12.4. The molecule has 218 valence electrons. The molecule has 3 fully saturated rings. The van der Waals surface area contributed by atoms with Gasteiger partial charge in [-0.1, -0.05) is 12.1 Å². The van der Waals surface area contributed by atoms with Crippen molar-refractivity contribution in [2.75, 3.05) is 20.1 Å². The van der Waals surface area contributed by atoms with Crippen molar-refractivity contribution in [1.29, 1.82) is 0 Å². The van der Waals surface area contributed by atoms with Crippen LogP contribution in [0.5, 0.6) is 11.5 Å².